The van der Waals surface area contributed by atoms with Gasteiger partial charge in [0.2, 0.25) is 21.9 Å². The van der Waals surface area contributed by atoms with Crippen molar-refractivity contribution in [2.24, 2.45) is 10.9 Å². The van der Waals surface area contributed by atoms with Crippen molar-refractivity contribution in [3.05, 3.63) is 71.8 Å². The van der Waals surface area contributed by atoms with E-state index in [1.807, 2.05) is 38.1 Å². The van der Waals surface area contributed by atoms with Gasteiger partial charge in [-0.1, -0.05) is 24.3 Å². The second kappa shape index (κ2) is 11.5. The molecule has 1 atom stereocenters. The Bertz CT molecular complexity index is 1540. The Morgan fingerprint density at radius 2 is 1.71 bits per heavy atom. The van der Waals surface area contributed by atoms with Gasteiger partial charge in [0.1, 0.15) is 0 Å². The molecule has 0 saturated carbocycles. The molecule has 0 aliphatic heterocycles. The van der Waals surface area contributed by atoms with E-state index in [-0.39, 0.29) is 16.8 Å². The van der Waals surface area contributed by atoms with E-state index in [0.717, 1.165) is 11.1 Å². The number of rotatable bonds is 10. The first-order valence-electron chi connectivity index (χ1n) is 12.0. The number of hydrogen-bond donors (Lipinski definition) is 4. The van der Waals surface area contributed by atoms with Gasteiger partial charge in [0.25, 0.3) is 5.91 Å². The summed E-state index contributed by atoms with van der Waals surface area (Å²) in [5.41, 5.74) is 9.65. The summed E-state index contributed by atoms with van der Waals surface area (Å²) in [6, 6.07) is 16.9. The number of amides is 1. The number of primary sulfonamides is 1. The molecule has 2 heterocycles. The zero-order chi connectivity index (χ0) is 27.3. The molecule has 4 rings (SSSR count). The van der Waals surface area contributed by atoms with Crippen LogP contribution in [-0.4, -0.2) is 48.5 Å². The summed E-state index contributed by atoms with van der Waals surface area (Å²) in [4.78, 5) is 26.1. The Morgan fingerprint density at radius 1 is 1.00 bits per heavy atom. The summed E-state index contributed by atoms with van der Waals surface area (Å²) in [6.07, 6.45) is 0. The SMILES string of the molecule is CCOc1nc(NCc2ccc(S(N)(=O)=O)cc2)nc2ccc(-c3ccc(C(=O)NCC(C)N)cc3)nc12. The number of anilines is 1. The fourth-order valence-corrected chi connectivity index (χ4v) is 4.11. The Balaban J connectivity index is 1.54. The van der Waals surface area contributed by atoms with Gasteiger partial charge < -0.3 is 21.1 Å². The van der Waals surface area contributed by atoms with E-state index in [2.05, 4.69) is 20.6 Å². The second-order valence-corrected chi connectivity index (χ2v) is 10.2. The van der Waals surface area contributed by atoms with Crippen LogP contribution in [0.1, 0.15) is 29.8 Å². The predicted octanol–water partition coefficient (Wildman–Crippen LogP) is 2.43. The van der Waals surface area contributed by atoms with Crippen LogP contribution in [0.15, 0.2) is 65.6 Å². The average molecular weight is 536 g/mol. The minimum atomic E-state index is -3.75. The van der Waals surface area contributed by atoms with Crippen LogP contribution in [0.2, 0.25) is 0 Å². The Kier molecular flexibility index (Phi) is 8.15. The summed E-state index contributed by atoms with van der Waals surface area (Å²) in [5, 5.41) is 11.1. The molecule has 1 unspecified atom stereocenters. The first kappa shape index (κ1) is 26.9. The molecule has 0 bridgehead atoms. The molecular formula is C26H29N7O4S. The molecule has 0 spiro atoms. The number of nitrogens with zero attached hydrogens (tertiary/aromatic N) is 3. The van der Waals surface area contributed by atoms with E-state index in [0.29, 0.717) is 53.8 Å². The monoisotopic (exact) mass is 535 g/mol. The standard InChI is InChI=1S/C26H29N7O4S/c1-3-37-25-23-22(32-26(33-25)30-15-17-4-10-20(11-5-17)38(28,35)36)13-12-21(31-23)18-6-8-19(9-7-18)24(34)29-14-16(2)27/h4-13,16H,3,14-15,27H2,1-2H3,(H,29,34)(H2,28,35,36)(H,30,32,33). The van der Waals surface area contributed by atoms with Crippen LogP contribution in [0.5, 0.6) is 5.88 Å². The molecule has 0 aliphatic rings. The first-order valence-corrected chi connectivity index (χ1v) is 13.5. The fourth-order valence-electron chi connectivity index (χ4n) is 3.59. The van der Waals surface area contributed by atoms with Crippen LogP contribution < -0.4 is 26.2 Å². The number of aromatic nitrogens is 3. The summed E-state index contributed by atoms with van der Waals surface area (Å²) in [6.45, 7) is 4.82. The molecule has 4 aromatic rings. The quantitative estimate of drug-likeness (QED) is 0.238. The highest BCUT2D eigenvalue weighted by atomic mass is 32.2. The van der Waals surface area contributed by atoms with Crippen LogP contribution in [0.3, 0.4) is 0 Å². The maximum absolute atomic E-state index is 12.3. The van der Waals surface area contributed by atoms with Gasteiger partial charge in [0.15, 0.2) is 5.52 Å². The maximum Gasteiger partial charge on any atom is 0.251 e. The van der Waals surface area contributed by atoms with E-state index in [1.54, 1.807) is 24.3 Å². The molecular weight excluding hydrogens is 506 g/mol. The van der Waals surface area contributed by atoms with Crippen molar-refractivity contribution >= 4 is 32.9 Å². The van der Waals surface area contributed by atoms with Crippen molar-refractivity contribution in [2.75, 3.05) is 18.5 Å². The summed E-state index contributed by atoms with van der Waals surface area (Å²) >= 11 is 0. The summed E-state index contributed by atoms with van der Waals surface area (Å²) < 4.78 is 28.7. The van der Waals surface area contributed by atoms with Crippen LogP contribution >= 0.6 is 0 Å². The first-order chi connectivity index (χ1) is 18.1. The highest BCUT2D eigenvalue weighted by Crippen LogP contribution is 2.27. The molecule has 0 saturated heterocycles. The molecule has 6 N–H and O–H groups in total. The summed E-state index contributed by atoms with van der Waals surface area (Å²) in [5.74, 6) is 0.485. The number of fused-ring (bicyclic) bond motifs is 1. The average Bonchev–Trinajstić information content (AvgIpc) is 2.90. The van der Waals surface area contributed by atoms with Crippen LogP contribution in [0.4, 0.5) is 5.95 Å². The number of carbonyl (C=O) groups is 1. The van der Waals surface area contributed by atoms with E-state index in [9.17, 15) is 13.2 Å². The number of hydrogen-bond acceptors (Lipinski definition) is 9. The molecule has 2 aromatic carbocycles. The fraction of sp³-hybridized carbons (Fsp3) is 0.231. The zero-order valence-electron chi connectivity index (χ0n) is 21.0. The Morgan fingerprint density at radius 3 is 2.34 bits per heavy atom. The lowest BCUT2D eigenvalue weighted by molar-refractivity contribution is 0.0951. The van der Waals surface area contributed by atoms with Crippen molar-refractivity contribution in [3.63, 3.8) is 0 Å². The number of pyridine rings is 1. The Hall–Kier alpha value is -4.13. The smallest absolute Gasteiger partial charge is 0.251 e. The lowest BCUT2D eigenvalue weighted by Gasteiger charge is -2.11. The minimum Gasteiger partial charge on any atom is -0.476 e. The largest absolute Gasteiger partial charge is 0.476 e. The van der Waals surface area contributed by atoms with Gasteiger partial charge >= 0.3 is 0 Å². The summed E-state index contributed by atoms with van der Waals surface area (Å²) in [7, 11) is -3.75. The molecule has 0 radical (unpaired) electrons. The predicted molar refractivity (Wildman–Crippen MR) is 145 cm³/mol. The number of ether oxygens (including phenoxy) is 1. The number of nitrogens with two attached hydrogens (primary N) is 2. The zero-order valence-corrected chi connectivity index (χ0v) is 21.8. The molecule has 11 nitrogen and oxygen atoms in total. The van der Waals surface area contributed by atoms with Gasteiger partial charge in [-0.25, -0.2) is 23.5 Å². The van der Waals surface area contributed by atoms with E-state index >= 15 is 0 Å². The number of carbonyl (C=O) groups excluding carboxylic acids is 1. The topological polar surface area (TPSA) is 175 Å². The minimum absolute atomic E-state index is 0.0443. The van der Waals surface area contributed by atoms with Gasteiger partial charge in [-0.15, -0.1) is 0 Å². The van der Waals surface area contributed by atoms with Crippen molar-refractivity contribution < 1.29 is 17.9 Å². The van der Waals surface area contributed by atoms with Crippen molar-refractivity contribution in [2.45, 2.75) is 31.3 Å². The van der Waals surface area contributed by atoms with E-state index in [1.165, 1.54) is 12.1 Å². The Labute approximate surface area is 220 Å². The molecule has 38 heavy (non-hydrogen) atoms. The van der Waals surface area contributed by atoms with E-state index < -0.39 is 10.0 Å². The van der Waals surface area contributed by atoms with Gasteiger partial charge in [-0.05, 0) is 55.8 Å². The molecule has 0 aliphatic carbocycles. The van der Waals surface area contributed by atoms with Crippen LogP contribution in [-0.2, 0) is 16.6 Å². The molecule has 2 aromatic heterocycles. The molecule has 198 valence electrons. The van der Waals surface area contributed by atoms with Gasteiger partial charge in [0.05, 0.1) is 22.7 Å². The van der Waals surface area contributed by atoms with Crippen LogP contribution in [0.25, 0.3) is 22.3 Å². The maximum atomic E-state index is 12.3. The normalized spacial score (nSPS) is 12.2. The number of benzene rings is 2. The number of nitrogens with one attached hydrogen (secondary N) is 2. The third kappa shape index (κ3) is 6.59. The third-order valence-corrected chi connectivity index (χ3v) is 6.45. The second-order valence-electron chi connectivity index (χ2n) is 8.66. The van der Waals surface area contributed by atoms with E-state index in [4.69, 9.17) is 20.6 Å². The molecule has 0 fully saturated rings. The highest BCUT2D eigenvalue weighted by molar-refractivity contribution is 7.89. The van der Waals surface area contributed by atoms with Crippen LogP contribution in [0, 0.1) is 0 Å². The number of sulfonamides is 1. The lowest BCUT2D eigenvalue weighted by atomic mass is 10.1. The van der Waals surface area contributed by atoms with Crippen molar-refractivity contribution in [1.29, 1.82) is 0 Å². The van der Waals surface area contributed by atoms with Crippen molar-refractivity contribution in [3.8, 4) is 17.1 Å². The third-order valence-electron chi connectivity index (χ3n) is 5.52. The highest BCUT2D eigenvalue weighted by Gasteiger charge is 2.14. The molecule has 12 heteroatoms. The molecule has 1 amide bonds. The van der Waals surface area contributed by atoms with Gasteiger partial charge in [-0.2, -0.15) is 4.98 Å². The van der Waals surface area contributed by atoms with Gasteiger partial charge in [0, 0.05) is 30.3 Å². The lowest BCUT2D eigenvalue weighted by Crippen LogP contribution is -2.35. The van der Waals surface area contributed by atoms with Crippen molar-refractivity contribution in [1.82, 2.24) is 20.3 Å². The van der Waals surface area contributed by atoms with Gasteiger partial charge in [-0.3, -0.25) is 4.79 Å².